The van der Waals surface area contributed by atoms with E-state index in [1.54, 1.807) is 6.20 Å². The second kappa shape index (κ2) is 9.24. The van der Waals surface area contributed by atoms with Crippen LogP contribution >= 0.6 is 0 Å². The highest BCUT2D eigenvalue weighted by Crippen LogP contribution is 2.32. The lowest BCUT2D eigenvalue weighted by Crippen LogP contribution is -2.52. The zero-order chi connectivity index (χ0) is 20.2. The van der Waals surface area contributed by atoms with Gasteiger partial charge in [-0.3, -0.25) is 19.5 Å². The molecule has 1 saturated carbocycles. The minimum atomic E-state index is 0.101. The van der Waals surface area contributed by atoms with E-state index in [-0.39, 0.29) is 11.8 Å². The highest BCUT2D eigenvalue weighted by molar-refractivity contribution is 5.81. The van der Waals surface area contributed by atoms with Gasteiger partial charge in [-0.2, -0.15) is 0 Å². The minimum absolute atomic E-state index is 0.101. The van der Waals surface area contributed by atoms with Crippen LogP contribution in [0.2, 0.25) is 0 Å². The normalized spacial score (nSPS) is 23.8. The first-order valence-corrected chi connectivity index (χ1v) is 11.3. The summed E-state index contributed by atoms with van der Waals surface area (Å²) in [7, 11) is 1.92. The Morgan fingerprint density at radius 3 is 2.55 bits per heavy atom. The smallest absolute Gasteiger partial charge is 0.226 e. The molecule has 6 heteroatoms. The lowest BCUT2D eigenvalue weighted by molar-refractivity contribution is -0.136. The maximum Gasteiger partial charge on any atom is 0.226 e. The number of rotatable bonds is 6. The van der Waals surface area contributed by atoms with Crippen LogP contribution in [-0.4, -0.2) is 77.3 Å². The van der Waals surface area contributed by atoms with Gasteiger partial charge in [-0.25, -0.2) is 0 Å². The van der Waals surface area contributed by atoms with Gasteiger partial charge in [0, 0.05) is 63.5 Å². The molecule has 1 aromatic heterocycles. The van der Waals surface area contributed by atoms with Crippen molar-refractivity contribution in [1.82, 2.24) is 19.7 Å². The van der Waals surface area contributed by atoms with Gasteiger partial charge in [-0.05, 0) is 57.2 Å². The van der Waals surface area contributed by atoms with Crippen LogP contribution in [0.15, 0.2) is 24.4 Å². The molecule has 2 aliphatic heterocycles. The first-order chi connectivity index (χ1) is 14.1. The molecule has 1 aliphatic carbocycles. The maximum atomic E-state index is 13.0. The van der Waals surface area contributed by atoms with Gasteiger partial charge in [0.15, 0.2) is 0 Å². The van der Waals surface area contributed by atoms with Gasteiger partial charge in [0.2, 0.25) is 11.8 Å². The Morgan fingerprint density at radius 2 is 1.86 bits per heavy atom. The lowest BCUT2D eigenvalue weighted by atomic mass is 9.92. The number of hydrogen-bond donors (Lipinski definition) is 0. The van der Waals surface area contributed by atoms with Crippen LogP contribution in [0, 0.1) is 11.8 Å². The lowest BCUT2D eigenvalue weighted by Gasteiger charge is -2.42. The summed E-state index contributed by atoms with van der Waals surface area (Å²) in [6.07, 6.45) is 8.95. The summed E-state index contributed by atoms with van der Waals surface area (Å²) in [6.45, 7) is 4.45. The molecule has 4 rings (SSSR count). The van der Waals surface area contributed by atoms with Crippen LogP contribution in [0.4, 0.5) is 0 Å². The zero-order valence-electron chi connectivity index (χ0n) is 17.6. The van der Waals surface area contributed by atoms with Crippen molar-refractivity contribution in [3.05, 3.63) is 30.1 Å². The van der Waals surface area contributed by atoms with E-state index in [0.29, 0.717) is 24.4 Å². The van der Waals surface area contributed by atoms with Crippen molar-refractivity contribution in [2.24, 2.45) is 11.8 Å². The first kappa shape index (κ1) is 20.3. The first-order valence-electron chi connectivity index (χ1n) is 11.3. The zero-order valence-corrected chi connectivity index (χ0v) is 17.6. The van der Waals surface area contributed by atoms with Crippen LogP contribution in [0.25, 0.3) is 0 Å². The standard InChI is InChI=1S/C23H34N4O2/c1-25(14-9-20-6-2-3-12-24-20)22(28)19-5-4-13-27(17-19)21-10-15-26(16-11-21)23(29)18-7-8-18/h2-3,6,12,18-19,21H,4-5,7-11,13-17H2,1H3/t19-/m0/s1. The van der Waals surface area contributed by atoms with Crippen molar-refractivity contribution >= 4 is 11.8 Å². The maximum absolute atomic E-state index is 13.0. The van der Waals surface area contributed by atoms with Gasteiger partial charge in [-0.15, -0.1) is 0 Å². The summed E-state index contributed by atoms with van der Waals surface area (Å²) in [4.78, 5) is 36.1. The van der Waals surface area contributed by atoms with Crippen molar-refractivity contribution in [2.75, 3.05) is 39.8 Å². The second-order valence-corrected chi connectivity index (χ2v) is 9.00. The number of likely N-dealkylation sites (N-methyl/N-ethyl adjacent to an activating group) is 1. The Kier molecular flexibility index (Phi) is 6.48. The number of nitrogens with zero attached hydrogens (tertiary/aromatic N) is 4. The van der Waals surface area contributed by atoms with E-state index < -0.39 is 0 Å². The van der Waals surface area contributed by atoms with Crippen molar-refractivity contribution in [1.29, 1.82) is 0 Å². The predicted molar refractivity (Wildman–Crippen MR) is 112 cm³/mol. The van der Waals surface area contributed by atoms with Gasteiger partial charge in [0.25, 0.3) is 0 Å². The highest BCUT2D eigenvalue weighted by Gasteiger charge is 2.37. The molecule has 29 heavy (non-hydrogen) atoms. The topological polar surface area (TPSA) is 56.8 Å². The summed E-state index contributed by atoms with van der Waals surface area (Å²) >= 11 is 0. The Bertz CT molecular complexity index is 698. The molecule has 0 bridgehead atoms. The molecule has 2 saturated heterocycles. The predicted octanol–water partition coefficient (Wildman–Crippen LogP) is 2.20. The summed E-state index contributed by atoms with van der Waals surface area (Å²) < 4.78 is 0. The molecule has 1 aromatic rings. The van der Waals surface area contributed by atoms with E-state index in [1.807, 2.05) is 30.1 Å². The van der Waals surface area contributed by atoms with E-state index in [9.17, 15) is 9.59 Å². The molecule has 2 amide bonds. The fraction of sp³-hybridized carbons (Fsp3) is 0.696. The molecule has 0 aromatic carbocycles. The van der Waals surface area contributed by atoms with Crippen LogP contribution in [0.5, 0.6) is 0 Å². The summed E-state index contributed by atoms with van der Waals surface area (Å²) in [5, 5.41) is 0. The molecule has 6 nitrogen and oxygen atoms in total. The summed E-state index contributed by atoms with van der Waals surface area (Å²) in [6, 6.07) is 6.45. The molecule has 158 valence electrons. The molecule has 0 spiro atoms. The Morgan fingerprint density at radius 1 is 1.07 bits per heavy atom. The highest BCUT2D eigenvalue weighted by atomic mass is 16.2. The van der Waals surface area contributed by atoms with Crippen LogP contribution < -0.4 is 0 Å². The van der Waals surface area contributed by atoms with Gasteiger partial charge < -0.3 is 9.80 Å². The third kappa shape index (κ3) is 5.16. The molecule has 0 unspecified atom stereocenters. The van der Waals surface area contributed by atoms with Gasteiger partial charge >= 0.3 is 0 Å². The largest absolute Gasteiger partial charge is 0.345 e. The van der Waals surface area contributed by atoms with Crippen molar-refractivity contribution in [3.8, 4) is 0 Å². The molecule has 3 aliphatic rings. The van der Waals surface area contributed by atoms with Crippen molar-refractivity contribution in [3.63, 3.8) is 0 Å². The van der Waals surface area contributed by atoms with Crippen molar-refractivity contribution < 1.29 is 9.59 Å². The summed E-state index contributed by atoms with van der Waals surface area (Å²) in [5.41, 5.74) is 1.03. The molecule has 3 heterocycles. The van der Waals surface area contributed by atoms with Crippen LogP contribution in [0.1, 0.15) is 44.2 Å². The van der Waals surface area contributed by atoms with Crippen molar-refractivity contribution in [2.45, 2.75) is 51.0 Å². The third-order valence-electron chi connectivity index (χ3n) is 6.83. The van der Waals surface area contributed by atoms with Crippen LogP contribution in [0.3, 0.4) is 0 Å². The monoisotopic (exact) mass is 398 g/mol. The van der Waals surface area contributed by atoms with Gasteiger partial charge in [0.05, 0.1) is 5.92 Å². The Labute approximate surface area is 174 Å². The average molecular weight is 399 g/mol. The second-order valence-electron chi connectivity index (χ2n) is 9.00. The van der Waals surface area contributed by atoms with Gasteiger partial charge in [0.1, 0.15) is 0 Å². The van der Waals surface area contributed by atoms with E-state index in [0.717, 1.165) is 76.8 Å². The number of amides is 2. The molecule has 1 atom stereocenters. The number of hydrogen-bond acceptors (Lipinski definition) is 4. The number of pyridine rings is 1. The SMILES string of the molecule is CN(CCc1ccccn1)C(=O)[C@H]1CCCN(C2CCN(C(=O)C3CC3)CC2)C1. The third-order valence-corrected chi connectivity index (χ3v) is 6.83. The average Bonchev–Trinajstić information content (AvgIpc) is 3.63. The van der Waals surface area contributed by atoms with E-state index in [1.165, 1.54) is 0 Å². The molecular weight excluding hydrogens is 364 g/mol. The van der Waals surface area contributed by atoms with E-state index in [4.69, 9.17) is 0 Å². The Balaban J connectivity index is 1.24. The fourth-order valence-corrected chi connectivity index (χ4v) is 4.83. The number of aromatic nitrogens is 1. The molecule has 3 fully saturated rings. The molecule has 0 N–H and O–H groups in total. The number of carbonyl (C=O) groups excluding carboxylic acids is 2. The quantitative estimate of drug-likeness (QED) is 0.737. The Hall–Kier alpha value is -1.95. The van der Waals surface area contributed by atoms with E-state index in [2.05, 4.69) is 14.8 Å². The number of piperidine rings is 2. The van der Waals surface area contributed by atoms with Gasteiger partial charge in [-0.1, -0.05) is 6.07 Å². The summed E-state index contributed by atoms with van der Waals surface area (Å²) in [5.74, 6) is 1.07. The minimum Gasteiger partial charge on any atom is -0.345 e. The van der Waals surface area contributed by atoms with Crippen LogP contribution in [-0.2, 0) is 16.0 Å². The molecular formula is C23H34N4O2. The fourth-order valence-electron chi connectivity index (χ4n) is 4.83. The number of carbonyl (C=O) groups is 2. The van der Waals surface area contributed by atoms with E-state index >= 15 is 0 Å². The number of likely N-dealkylation sites (tertiary alicyclic amines) is 2. The molecule has 0 radical (unpaired) electrons.